The standard InChI is InChI=1S/C17H10O3S/c18-14-9-5-1-2-6-10(9)16(20)17-13(14)15(19)11-7-3-4-8-12(11)21-17/h1-8,15,19H. The maximum absolute atomic E-state index is 12.6. The molecule has 0 radical (unpaired) electrons. The third-order valence-electron chi connectivity index (χ3n) is 3.81. The maximum Gasteiger partial charge on any atom is 0.200 e. The lowest BCUT2D eigenvalue weighted by molar-refractivity contribution is 0.0941. The Hall–Kier alpha value is -2.17. The highest BCUT2D eigenvalue weighted by Crippen LogP contribution is 2.47. The number of aliphatic hydroxyl groups excluding tert-OH is 1. The van der Waals surface area contributed by atoms with Gasteiger partial charge in [0.2, 0.25) is 5.78 Å². The van der Waals surface area contributed by atoms with E-state index in [9.17, 15) is 14.7 Å². The van der Waals surface area contributed by atoms with E-state index in [-0.39, 0.29) is 17.1 Å². The molecular formula is C17H10O3S. The molecule has 0 fully saturated rings. The summed E-state index contributed by atoms with van der Waals surface area (Å²) in [6.07, 6.45) is -1.04. The largest absolute Gasteiger partial charge is 0.383 e. The fourth-order valence-electron chi connectivity index (χ4n) is 2.79. The van der Waals surface area contributed by atoms with Gasteiger partial charge in [-0.05, 0) is 11.6 Å². The molecule has 0 amide bonds. The van der Waals surface area contributed by atoms with Gasteiger partial charge in [-0.3, -0.25) is 9.59 Å². The molecule has 102 valence electrons. The van der Waals surface area contributed by atoms with Crippen LogP contribution in [0.3, 0.4) is 0 Å². The zero-order valence-corrected chi connectivity index (χ0v) is 11.7. The second kappa shape index (κ2) is 4.41. The molecule has 3 nitrogen and oxygen atoms in total. The zero-order chi connectivity index (χ0) is 14.6. The van der Waals surface area contributed by atoms with Crippen molar-refractivity contribution < 1.29 is 14.7 Å². The van der Waals surface area contributed by atoms with Crippen LogP contribution in [0.4, 0.5) is 0 Å². The molecule has 0 spiro atoms. The Morgan fingerprint density at radius 2 is 1.48 bits per heavy atom. The molecule has 1 unspecified atom stereocenters. The van der Waals surface area contributed by atoms with E-state index in [4.69, 9.17) is 0 Å². The van der Waals surface area contributed by atoms with E-state index >= 15 is 0 Å². The number of benzene rings is 2. The van der Waals surface area contributed by atoms with E-state index in [1.807, 2.05) is 18.2 Å². The topological polar surface area (TPSA) is 54.4 Å². The first kappa shape index (κ1) is 12.6. The summed E-state index contributed by atoms with van der Waals surface area (Å²) in [7, 11) is 0. The van der Waals surface area contributed by atoms with Crippen molar-refractivity contribution in [1.29, 1.82) is 0 Å². The van der Waals surface area contributed by atoms with Crippen LogP contribution in [0.15, 0.2) is 63.9 Å². The van der Waals surface area contributed by atoms with Gasteiger partial charge in [-0.2, -0.15) is 0 Å². The molecule has 1 N–H and O–H groups in total. The zero-order valence-electron chi connectivity index (χ0n) is 10.9. The summed E-state index contributed by atoms with van der Waals surface area (Å²) in [6.45, 7) is 0. The second-order valence-electron chi connectivity index (χ2n) is 4.99. The lowest BCUT2D eigenvalue weighted by Gasteiger charge is -2.29. The first-order chi connectivity index (χ1) is 10.2. The van der Waals surface area contributed by atoms with Gasteiger partial charge in [-0.1, -0.05) is 54.2 Å². The molecule has 1 aliphatic heterocycles. The van der Waals surface area contributed by atoms with Gasteiger partial charge in [0.25, 0.3) is 0 Å². The first-order valence-electron chi connectivity index (χ1n) is 6.56. The summed E-state index contributed by atoms with van der Waals surface area (Å²) in [6, 6.07) is 14.1. The average Bonchev–Trinajstić information content (AvgIpc) is 2.52. The maximum atomic E-state index is 12.6. The van der Waals surface area contributed by atoms with Crippen LogP contribution in [0.1, 0.15) is 32.4 Å². The van der Waals surface area contributed by atoms with Crippen molar-refractivity contribution in [3.63, 3.8) is 0 Å². The van der Waals surface area contributed by atoms with Gasteiger partial charge in [0, 0.05) is 16.0 Å². The Balaban J connectivity index is 1.95. The van der Waals surface area contributed by atoms with Gasteiger partial charge >= 0.3 is 0 Å². The molecular weight excluding hydrogens is 284 g/mol. The number of carbonyl (C=O) groups is 2. The number of allylic oxidation sites excluding steroid dienone is 1. The number of hydrogen-bond acceptors (Lipinski definition) is 4. The first-order valence-corrected chi connectivity index (χ1v) is 7.37. The Kier molecular flexibility index (Phi) is 2.64. The van der Waals surface area contributed by atoms with Crippen LogP contribution in [-0.2, 0) is 0 Å². The van der Waals surface area contributed by atoms with Crippen molar-refractivity contribution in [2.75, 3.05) is 0 Å². The van der Waals surface area contributed by atoms with E-state index in [1.54, 1.807) is 30.3 Å². The van der Waals surface area contributed by atoms with E-state index in [1.165, 1.54) is 11.8 Å². The minimum atomic E-state index is -1.04. The molecule has 1 heterocycles. The summed E-state index contributed by atoms with van der Waals surface area (Å²) in [5, 5.41) is 10.5. The second-order valence-corrected chi connectivity index (χ2v) is 6.04. The minimum absolute atomic E-state index is 0.182. The number of ketones is 2. The number of rotatable bonds is 0. The van der Waals surface area contributed by atoms with Crippen LogP contribution >= 0.6 is 11.8 Å². The number of Topliss-reactive ketones (excluding diaryl/α,β-unsaturated/α-hetero) is 2. The lowest BCUT2D eigenvalue weighted by Crippen LogP contribution is -2.26. The predicted molar refractivity (Wildman–Crippen MR) is 79.4 cm³/mol. The lowest BCUT2D eigenvalue weighted by atomic mass is 9.85. The highest BCUT2D eigenvalue weighted by Gasteiger charge is 2.39. The van der Waals surface area contributed by atoms with Crippen molar-refractivity contribution in [3.05, 3.63) is 75.7 Å². The van der Waals surface area contributed by atoms with Crippen molar-refractivity contribution in [2.24, 2.45) is 0 Å². The fourth-order valence-corrected chi connectivity index (χ4v) is 3.97. The summed E-state index contributed by atoms with van der Waals surface area (Å²) in [4.78, 5) is 26.4. The smallest absolute Gasteiger partial charge is 0.200 e. The Morgan fingerprint density at radius 1 is 0.857 bits per heavy atom. The molecule has 2 aromatic carbocycles. The summed E-state index contributed by atoms with van der Waals surface area (Å²) in [5.41, 5.74) is 1.68. The molecule has 2 aliphatic rings. The average molecular weight is 294 g/mol. The molecule has 4 heteroatoms. The highest BCUT2D eigenvalue weighted by molar-refractivity contribution is 8.04. The van der Waals surface area contributed by atoms with Crippen LogP contribution in [-0.4, -0.2) is 16.7 Å². The Morgan fingerprint density at radius 3 is 2.24 bits per heavy atom. The van der Waals surface area contributed by atoms with Crippen molar-refractivity contribution in [1.82, 2.24) is 0 Å². The number of fused-ring (bicyclic) bond motifs is 2. The summed E-state index contributed by atoms with van der Waals surface area (Å²) >= 11 is 1.27. The van der Waals surface area contributed by atoms with Gasteiger partial charge in [-0.25, -0.2) is 0 Å². The van der Waals surface area contributed by atoms with E-state index in [2.05, 4.69) is 0 Å². The third kappa shape index (κ3) is 1.66. The van der Waals surface area contributed by atoms with Gasteiger partial charge in [-0.15, -0.1) is 0 Å². The molecule has 21 heavy (non-hydrogen) atoms. The van der Waals surface area contributed by atoms with Crippen molar-refractivity contribution in [2.45, 2.75) is 11.0 Å². The number of carbonyl (C=O) groups excluding carboxylic acids is 2. The molecule has 0 bridgehead atoms. The van der Waals surface area contributed by atoms with Crippen LogP contribution < -0.4 is 0 Å². The molecule has 4 rings (SSSR count). The molecule has 0 saturated heterocycles. The van der Waals surface area contributed by atoms with E-state index in [0.29, 0.717) is 21.6 Å². The normalized spacial score (nSPS) is 20.0. The van der Waals surface area contributed by atoms with Gasteiger partial charge < -0.3 is 5.11 Å². The van der Waals surface area contributed by atoms with Crippen molar-refractivity contribution in [3.8, 4) is 0 Å². The SMILES string of the molecule is O=C1C2=C(C(=O)c3ccccc31)C(O)c1ccccc1S2. The molecule has 2 aromatic rings. The van der Waals surface area contributed by atoms with Crippen molar-refractivity contribution >= 4 is 23.3 Å². The Labute approximate surface area is 125 Å². The van der Waals surface area contributed by atoms with Crippen LogP contribution in [0.2, 0.25) is 0 Å². The fraction of sp³-hybridized carbons (Fsp3) is 0.0588. The molecule has 0 saturated carbocycles. The number of hydrogen-bond donors (Lipinski definition) is 1. The van der Waals surface area contributed by atoms with Crippen LogP contribution in [0, 0.1) is 0 Å². The quantitative estimate of drug-likeness (QED) is 0.811. The molecule has 0 aromatic heterocycles. The molecule has 1 aliphatic carbocycles. The Bertz CT molecular complexity index is 835. The minimum Gasteiger partial charge on any atom is -0.383 e. The highest BCUT2D eigenvalue weighted by atomic mass is 32.2. The third-order valence-corrected chi connectivity index (χ3v) is 5.01. The number of aliphatic hydroxyl groups is 1. The summed E-state index contributed by atoms with van der Waals surface area (Å²) in [5.74, 6) is -0.437. The predicted octanol–water partition coefficient (Wildman–Crippen LogP) is 3.16. The van der Waals surface area contributed by atoms with Gasteiger partial charge in [0.15, 0.2) is 5.78 Å². The van der Waals surface area contributed by atoms with Crippen LogP contribution in [0.25, 0.3) is 0 Å². The van der Waals surface area contributed by atoms with Gasteiger partial charge in [0.1, 0.15) is 6.10 Å². The van der Waals surface area contributed by atoms with E-state index < -0.39 is 6.10 Å². The van der Waals surface area contributed by atoms with Crippen LogP contribution in [0.5, 0.6) is 0 Å². The van der Waals surface area contributed by atoms with Gasteiger partial charge in [0.05, 0.1) is 10.5 Å². The monoisotopic (exact) mass is 294 g/mol. The molecule has 1 atom stereocenters. The summed E-state index contributed by atoms with van der Waals surface area (Å²) < 4.78 is 0. The van der Waals surface area contributed by atoms with E-state index in [0.717, 1.165) is 4.90 Å². The number of thioether (sulfide) groups is 1.